The number of hydrogen-bond acceptors (Lipinski definition) is 8. The van der Waals surface area contributed by atoms with Gasteiger partial charge < -0.3 is 18.6 Å². The quantitative estimate of drug-likeness (QED) is 0.111. The number of hydrogen-bond donors (Lipinski definition) is 0. The van der Waals surface area contributed by atoms with Crippen LogP contribution in [-0.4, -0.2) is 69.6 Å². The van der Waals surface area contributed by atoms with Crippen LogP contribution < -0.4 is 10.4 Å². The lowest BCUT2D eigenvalue weighted by atomic mass is 9.81. The van der Waals surface area contributed by atoms with Crippen LogP contribution in [0.3, 0.4) is 0 Å². The van der Waals surface area contributed by atoms with Gasteiger partial charge in [0.15, 0.2) is 0 Å². The molecule has 1 heterocycles. The van der Waals surface area contributed by atoms with E-state index in [1.54, 1.807) is 20.8 Å². The summed E-state index contributed by atoms with van der Waals surface area (Å²) in [5.74, 6) is -4.05. The van der Waals surface area contributed by atoms with Gasteiger partial charge in [0.2, 0.25) is 5.91 Å². The minimum Gasteiger partial charge on any atom is -0.469 e. The maximum absolute atomic E-state index is 13.9. The molecule has 2 amide bonds. The summed E-state index contributed by atoms with van der Waals surface area (Å²) >= 11 is 0. The molecule has 1 aliphatic heterocycles. The SMILES string of the molecule is C=C(CCCO[Si](c1ccccc1)(c1ccccc1)C(C)(C)C)[C@H]1C(=O)N(C(=O)OC(C)(C)C)[C@H](C(=O)OC)[C@H]1CC(=O)OC. The molecule has 0 saturated carbocycles. The van der Waals surface area contributed by atoms with Gasteiger partial charge in [0.05, 0.1) is 26.6 Å². The maximum Gasteiger partial charge on any atom is 0.417 e. The zero-order valence-corrected chi connectivity index (χ0v) is 28.8. The maximum atomic E-state index is 13.9. The highest BCUT2D eigenvalue weighted by Crippen LogP contribution is 2.41. The fourth-order valence-corrected chi connectivity index (χ4v) is 10.8. The Balaban J connectivity index is 1.90. The molecule has 0 N–H and O–H groups in total. The molecule has 1 aliphatic rings. The Morgan fingerprint density at radius 1 is 0.867 bits per heavy atom. The Hall–Kier alpha value is -3.76. The molecule has 9 nitrogen and oxygen atoms in total. The van der Waals surface area contributed by atoms with Gasteiger partial charge in [-0.1, -0.05) is 93.6 Å². The van der Waals surface area contributed by atoms with Crippen molar-refractivity contribution in [2.24, 2.45) is 11.8 Å². The van der Waals surface area contributed by atoms with Crippen molar-refractivity contribution in [3.05, 3.63) is 72.8 Å². The molecule has 45 heavy (non-hydrogen) atoms. The van der Waals surface area contributed by atoms with E-state index in [0.717, 1.165) is 15.3 Å². The number of carbonyl (C=O) groups is 4. The largest absolute Gasteiger partial charge is 0.469 e. The first-order chi connectivity index (χ1) is 21.1. The number of ether oxygens (including phenoxy) is 3. The van der Waals surface area contributed by atoms with Crippen LogP contribution in [-0.2, 0) is 33.0 Å². The van der Waals surface area contributed by atoms with Crippen LogP contribution >= 0.6 is 0 Å². The van der Waals surface area contributed by atoms with Gasteiger partial charge in [0.25, 0.3) is 8.32 Å². The first-order valence-electron chi connectivity index (χ1n) is 15.2. The van der Waals surface area contributed by atoms with Crippen LogP contribution in [0.25, 0.3) is 0 Å². The topological polar surface area (TPSA) is 108 Å². The number of likely N-dealkylation sites (tertiary alicyclic amines) is 1. The van der Waals surface area contributed by atoms with E-state index in [1.165, 1.54) is 14.2 Å². The van der Waals surface area contributed by atoms with Gasteiger partial charge in [-0.25, -0.2) is 14.5 Å². The van der Waals surface area contributed by atoms with E-state index in [4.69, 9.17) is 18.6 Å². The minimum absolute atomic E-state index is 0.207. The van der Waals surface area contributed by atoms with Gasteiger partial charge in [-0.15, -0.1) is 0 Å². The number of imide groups is 1. The van der Waals surface area contributed by atoms with Gasteiger partial charge >= 0.3 is 18.0 Å². The van der Waals surface area contributed by atoms with Crippen molar-refractivity contribution in [2.75, 3.05) is 20.8 Å². The van der Waals surface area contributed by atoms with Crippen molar-refractivity contribution in [3.8, 4) is 0 Å². The highest BCUT2D eigenvalue weighted by molar-refractivity contribution is 6.99. The predicted octanol–water partition coefficient (Wildman–Crippen LogP) is 5.01. The average Bonchev–Trinajstić information content (AvgIpc) is 3.27. The highest BCUT2D eigenvalue weighted by Gasteiger charge is 2.57. The standard InChI is InChI=1S/C35H47NO8Si/c1-24(17-16-22-43-45(35(5,6)7,25-18-12-10-13-19-25)26-20-14-11-15-21-26)29-27(23-28(37)41-8)30(32(39)42-9)36(31(29)38)33(40)44-34(2,3)4/h10-15,18-21,27,29-30H,1,16-17,22-23H2,2-9H3/t27-,29+,30-/m0/s1. The van der Waals surface area contributed by atoms with Crippen LogP contribution in [0.15, 0.2) is 72.8 Å². The van der Waals surface area contributed by atoms with Crippen molar-refractivity contribution in [3.63, 3.8) is 0 Å². The van der Waals surface area contributed by atoms with Gasteiger partial charge in [-0.3, -0.25) is 9.59 Å². The lowest BCUT2D eigenvalue weighted by molar-refractivity contribution is -0.150. The number of benzene rings is 2. The average molecular weight is 638 g/mol. The molecule has 2 aromatic rings. The van der Waals surface area contributed by atoms with Gasteiger partial charge in [0, 0.05) is 12.5 Å². The summed E-state index contributed by atoms with van der Waals surface area (Å²) in [5, 5.41) is 2.10. The van der Waals surface area contributed by atoms with Gasteiger partial charge in [0.1, 0.15) is 11.6 Å². The first kappa shape index (κ1) is 35.7. The van der Waals surface area contributed by atoms with Crippen LogP contribution in [0.2, 0.25) is 5.04 Å². The summed E-state index contributed by atoms with van der Waals surface area (Å²) < 4.78 is 22.3. The third-order valence-corrected chi connectivity index (χ3v) is 13.1. The number of methoxy groups -OCH3 is 2. The molecule has 3 rings (SSSR count). The molecule has 0 bridgehead atoms. The van der Waals surface area contributed by atoms with Crippen molar-refractivity contribution >= 4 is 42.6 Å². The Morgan fingerprint density at radius 3 is 1.84 bits per heavy atom. The second-order valence-electron chi connectivity index (χ2n) is 13.4. The van der Waals surface area contributed by atoms with Crippen molar-refractivity contribution in [1.82, 2.24) is 4.90 Å². The first-order valence-corrected chi connectivity index (χ1v) is 17.1. The van der Waals surface area contributed by atoms with E-state index >= 15 is 0 Å². The summed E-state index contributed by atoms with van der Waals surface area (Å²) in [4.78, 5) is 53.3. The molecular weight excluding hydrogens is 590 g/mol. The molecular formula is C35H47NO8Si. The number of rotatable bonds is 11. The van der Waals surface area contributed by atoms with E-state index in [1.807, 2.05) is 36.4 Å². The normalized spacial score (nSPS) is 18.8. The van der Waals surface area contributed by atoms with Crippen LogP contribution in [0.1, 0.15) is 60.8 Å². The van der Waals surface area contributed by atoms with Gasteiger partial charge in [-0.05, 0) is 49.0 Å². The Morgan fingerprint density at radius 2 is 1.40 bits per heavy atom. The summed E-state index contributed by atoms with van der Waals surface area (Å²) in [6.07, 6.45) is -0.387. The molecule has 1 fully saturated rings. The molecule has 0 unspecified atom stereocenters. The monoisotopic (exact) mass is 637 g/mol. The lowest BCUT2D eigenvalue weighted by Gasteiger charge is -2.43. The second-order valence-corrected chi connectivity index (χ2v) is 17.7. The predicted molar refractivity (Wildman–Crippen MR) is 174 cm³/mol. The van der Waals surface area contributed by atoms with E-state index in [9.17, 15) is 19.2 Å². The number of amides is 2. The summed E-state index contributed by atoms with van der Waals surface area (Å²) in [6, 6.07) is 19.2. The Bertz CT molecular complexity index is 1320. The van der Waals surface area contributed by atoms with Crippen molar-refractivity contribution in [1.29, 1.82) is 0 Å². The summed E-state index contributed by atoms with van der Waals surface area (Å²) in [7, 11) is -0.382. The Kier molecular flexibility index (Phi) is 11.6. The number of nitrogens with zero attached hydrogens (tertiary/aromatic N) is 1. The van der Waals surface area contributed by atoms with Crippen molar-refractivity contribution < 1.29 is 37.8 Å². The van der Waals surface area contributed by atoms with Crippen molar-refractivity contribution in [2.45, 2.75) is 77.5 Å². The van der Waals surface area contributed by atoms with E-state index in [0.29, 0.717) is 25.0 Å². The van der Waals surface area contributed by atoms with Crippen LogP contribution in [0.5, 0.6) is 0 Å². The molecule has 3 atom stereocenters. The third kappa shape index (κ3) is 7.91. The summed E-state index contributed by atoms with van der Waals surface area (Å²) in [6.45, 7) is 16.2. The minimum atomic E-state index is -2.77. The highest BCUT2D eigenvalue weighted by atomic mass is 28.4. The van der Waals surface area contributed by atoms with Crippen LogP contribution in [0.4, 0.5) is 4.79 Å². The van der Waals surface area contributed by atoms with E-state index in [2.05, 4.69) is 51.6 Å². The molecule has 2 aromatic carbocycles. The second kappa shape index (κ2) is 14.6. The molecule has 0 spiro atoms. The zero-order chi connectivity index (χ0) is 33.6. The fraction of sp³-hybridized carbons (Fsp3) is 0.486. The molecule has 10 heteroatoms. The molecule has 0 radical (unpaired) electrons. The lowest BCUT2D eigenvalue weighted by Crippen LogP contribution is -2.66. The fourth-order valence-electron chi connectivity index (χ4n) is 6.18. The van der Waals surface area contributed by atoms with E-state index in [-0.39, 0.29) is 11.5 Å². The van der Waals surface area contributed by atoms with Crippen LogP contribution in [0, 0.1) is 11.8 Å². The molecule has 0 aromatic heterocycles. The summed E-state index contributed by atoms with van der Waals surface area (Å²) in [5.41, 5.74) is -0.441. The smallest absolute Gasteiger partial charge is 0.417 e. The zero-order valence-electron chi connectivity index (χ0n) is 27.8. The molecule has 1 saturated heterocycles. The molecule has 244 valence electrons. The van der Waals surface area contributed by atoms with E-state index < -0.39 is 55.7 Å². The third-order valence-electron chi connectivity index (χ3n) is 8.10. The molecule has 0 aliphatic carbocycles. The Labute approximate surface area is 268 Å². The number of esters is 2. The van der Waals surface area contributed by atoms with Gasteiger partial charge in [-0.2, -0.15) is 0 Å². The number of carbonyl (C=O) groups excluding carboxylic acids is 4.